The van der Waals surface area contributed by atoms with Crippen LogP contribution in [0.1, 0.15) is 25.0 Å². The number of benzene rings is 12. The molecule has 0 atom stereocenters. The Morgan fingerprint density at radius 3 is 1.53 bits per heavy atom. The van der Waals surface area contributed by atoms with Crippen molar-refractivity contribution in [1.29, 1.82) is 0 Å². The molecular formula is C69H46N2O. The van der Waals surface area contributed by atoms with E-state index >= 15 is 0 Å². The fourth-order valence-corrected chi connectivity index (χ4v) is 12.3. The van der Waals surface area contributed by atoms with Crippen molar-refractivity contribution < 1.29 is 4.42 Å². The number of fused-ring (bicyclic) bond motifs is 15. The third-order valence-electron chi connectivity index (χ3n) is 15.8. The van der Waals surface area contributed by atoms with Gasteiger partial charge in [-0.15, -0.1) is 0 Å². The topological polar surface area (TPSA) is 21.3 Å². The van der Waals surface area contributed by atoms with Gasteiger partial charge in [-0.3, -0.25) is 0 Å². The molecule has 0 spiro atoms. The quantitative estimate of drug-likeness (QED) is 0.155. The Bertz CT molecular complexity index is 4500. The maximum atomic E-state index is 6.25. The summed E-state index contributed by atoms with van der Waals surface area (Å²) in [4.78, 5) is 2.39. The maximum absolute atomic E-state index is 6.25. The van der Waals surface area contributed by atoms with E-state index in [0.717, 1.165) is 55.8 Å². The van der Waals surface area contributed by atoms with E-state index in [2.05, 4.69) is 254 Å². The van der Waals surface area contributed by atoms with E-state index in [-0.39, 0.29) is 5.41 Å². The first-order chi connectivity index (χ1) is 35.4. The normalized spacial score (nSPS) is 13.0. The summed E-state index contributed by atoms with van der Waals surface area (Å²) < 4.78 is 8.72. The van der Waals surface area contributed by atoms with Crippen molar-refractivity contribution in [2.24, 2.45) is 0 Å². The van der Waals surface area contributed by atoms with Crippen molar-refractivity contribution in [1.82, 2.24) is 4.57 Å². The summed E-state index contributed by atoms with van der Waals surface area (Å²) >= 11 is 0. The molecule has 3 nitrogen and oxygen atoms in total. The lowest BCUT2D eigenvalue weighted by atomic mass is 9.82. The van der Waals surface area contributed by atoms with Crippen LogP contribution in [0.2, 0.25) is 0 Å². The SMILES string of the molecule is CC1(C)c2ccccc2-c2ccc(N(c3ccccc3)c3ccc(-c4ccc5c(c4)c4cc(-c6ccc7oc8ccccc8c7c6)ccc4n5-c4ccc5c6ccccc6c6ccccc6c5c4)cc3)cc21. The van der Waals surface area contributed by atoms with Gasteiger partial charge in [0, 0.05) is 49.7 Å². The van der Waals surface area contributed by atoms with Gasteiger partial charge >= 0.3 is 0 Å². The molecule has 0 N–H and O–H groups in total. The second-order valence-electron chi connectivity index (χ2n) is 20.0. The molecule has 0 unspecified atom stereocenters. The smallest absolute Gasteiger partial charge is 0.135 e. The summed E-state index contributed by atoms with van der Waals surface area (Å²) in [6, 6.07) is 89.4. The number of furan rings is 1. The van der Waals surface area contributed by atoms with Gasteiger partial charge in [-0.05, 0) is 168 Å². The number of rotatable bonds is 6. The Hall–Kier alpha value is -9.18. The van der Waals surface area contributed by atoms with Crippen LogP contribution in [0, 0.1) is 0 Å². The second-order valence-corrected chi connectivity index (χ2v) is 20.0. The standard InChI is InChI=1S/C69H46N2O/c1-69(2)63-22-12-10-20-56(63)57-34-32-50(42-64(57)69)70(47-14-4-3-5-15-47)48-29-24-43(25-30-48)44-26-35-65-60(38-44)61-39-45(46-28-37-68-62(40-46)58-21-11-13-23-67(58)72-68)27-36-66(61)71(65)49-31-33-55-53-18-7-6-16-51(53)52-17-8-9-19-54(52)59(55)41-49/h3-42H,1-2H3. The molecule has 2 aromatic heterocycles. The molecule has 14 aromatic rings. The van der Waals surface area contributed by atoms with Gasteiger partial charge in [0.1, 0.15) is 11.2 Å². The van der Waals surface area contributed by atoms with Crippen molar-refractivity contribution in [3.63, 3.8) is 0 Å². The second kappa shape index (κ2) is 15.4. The van der Waals surface area contributed by atoms with Crippen LogP contribution in [-0.2, 0) is 5.41 Å². The third kappa shape index (κ3) is 6.04. The van der Waals surface area contributed by atoms with Crippen molar-refractivity contribution in [3.8, 4) is 39.1 Å². The number of nitrogens with zero attached hydrogens (tertiary/aromatic N) is 2. The number of hydrogen-bond donors (Lipinski definition) is 0. The van der Waals surface area contributed by atoms with E-state index in [1.807, 2.05) is 12.1 Å². The molecule has 1 aliphatic rings. The first-order valence-electron chi connectivity index (χ1n) is 25.0. The van der Waals surface area contributed by atoms with Crippen molar-refractivity contribution in [2.75, 3.05) is 4.90 Å². The van der Waals surface area contributed by atoms with Crippen LogP contribution in [0.25, 0.3) is 115 Å². The molecule has 0 bridgehead atoms. The van der Waals surface area contributed by atoms with E-state index < -0.39 is 0 Å². The fourth-order valence-electron chi connectivity index (χ4n) is 12.3. The monoisotopic (exact) mass is 918 g/mol. The van der Waals surface area contributed by atoms with Gasteiger partial charge < -0.3 is 13.9 Å². The lowest BCUT2D eigenvalue weighted by Gasteiger charge is -2.28. The van der Waals surface area contributed by atoms with Gasteiger partial charge in [0.2, 0.25) is 0 Å². The molecule has 72 heavy (non-hydrogen) atoms. The minimum atomic E-state index is -0.101. The predicted molar refractivity (Wildman–Crippen MR) is 304 cm³/mol. The van der Waals surface area contributed by atoms with Crippen LogP contribution in [0.15, 0.2) is 247 Å². The van der Waals surface area contributed by atoms with Gasteiger partial charge in [-0.2, -0.15) is 0 Å². The number of hydrogen-bond acceptors (Lipinski definition) is 2. The lowest BCUT2D eigenvalue weighted by molar-refractivity contribution is 0.660. The highest BCUT2D eigenvalue weighted by atomic mass is 16.3. The van der Waals surface area contributed by atoms with E-state index in [0.29, 0.717) is 0 Å². The molecule has 0 amide bonds. The zero-order chi connectivity index (χ0) is 47.7. The average Bonchev–Trinajstić information content (AvgIpc) is 4.05. The van der Waals surface area contributed by atoms with Gasteiger partial charge in [0.05, 0.1) is 11.0 Å². The van der Waals surface area contributed by atoms with Crippen LogP contribution in [0.3, 0.4) is 0 Å². The number of aromatic nitrogens is 1. The Balaban J connectivity index is 0.886. The zero-order valence-corrected chi connectivity index (χ0v) is 39.9. The maximum Gasteiger partial charge on any atom is 0.135 e. The Morgan fingerprint density at radius 2 is 0.819 bits per heavy atom. The number of para-hydroxylation sites is 2. The van der Waals surface area contributed by atoms with Crippen molar-refractivity contribution in [3.05, 3.63) is 254 Å². The first-order valence-corrected chi connectivity index (χ1v) is 25.0. The van der Waals surface area contributed by atoms with E-state index in [1.165, 1.54) is 87.5 Å². The Kier molecular flexibility index (Phi) is 8.71. The summed E-state index contributed by atoms with van der Waals surface area (Å²) in [5, 5.41) is 12.3. The average molecular weight is 919 g/mol. The molecule has 12 aromatic carbocycles. The summed E-state index contributed by atoms with van der Waals surface area (Å²) in [5.41, 5.74) is 18.6. The minimum absolute atomic E-state index is 0.101. The molecule has 338 valence electrons. The molecule has 0 saturated heterocycles. The minimum Gasteiger partial charge on any atom is -0.456 e. The first kappa shape index (κ1) is 40.7. The molecule has 2 heterocycles. The molecule has 15 rings (SSSR count). The Labute approximate surface area is 417 Å². The van der Waals surface area contributed by atoms with Gasteiger partial charge in [0.25, 0.3) is 0 Å². The van der Waals surface area contributed by atoms with E-state index in [9.17, 15) is 0 Å². The molecular weight excluding hydrogens is 873 g/mol. The van der Waals surface area contributed by atoms with Crippen molar-refractivity contribution in [2.45, 2.75) is 19.3 Å². The van der Waals surface area contributed by atoms with Gasteiger partial charge in [-0.1, -0.05) is 166 Å². The molecule has 0 aliphatic heterocycles. The summed E-state index contributed by atoms with van der Waals surface area (Å²) in [6.45, 7) is 4.70. The summed E-state index contributed by atoms with van der Waals surface area (Å²) in [6.07, 6.45) is 0. The fraction of sp³-hybridized carbons (Fsp3) is 0.0435. The van der Waals surface area contributed by atoms with Crippen LogP contribution >= 0.6 is 0 Å². The predicted octanol–water partition coefficient (Wildman–Crippen LogP) is 19.3. The molecule has 1 aliphatic carbocycles. The lowest BCUT2D eigenvalue weighted by Crippen LogP contribution is -2.16. The number of anilines is 3. The largest absolute Gasteiger partial charge is 0.456 e. The van der Waals surface area contributed by atoms with Crippen molar-refractivity contribution >= 4 is 93.1 Å². The van der Waals surface area contributed by atoms with Crippen LogP contribution in [0.4, 0.5) is 17.1 Å². The van der Waals surface area contributed by atoms with Gasteiger partial charge in [-0.25, -0.2) is 0 Å². The van der Waals surface area contributed by atoms with Crippen LogP contribution in [-0.4, -0.2) is 4.57 Å². The molecule has 3 heteroatoms. The highest BCUT2D eigenvalue weighted by Crippen LogP contribution is 2.51. The molecule has 0 fully saturated rings. The Morgan fingerprint density at radius 1 is 0.319 bits per heavy atom. The highest BCUT2D eigenvalue weighted by Gasteiger charge is 2.35. The van der Waals surface area contributed by atoms with E-state index in [1.54, 1.807) is 0 Å². The molecule has 0 radical (unpaired) electrons. The zero-order valence-electron chi connectivity index (χ0n) is 39.9. The van der Waals surface area contributed by atoms with Gasteiger partial charge in [0.15, 0.2) is 0 Å². The van der Waals surface area contributed by atoms with Crippen LogP contribution in [0.5, 0.6) is 0 Å². The third-order valence-corrected chi connectivity index (χ3v) is 15.8. The summed E-state index contributed by atoms with van der Waals surface area (Å²) in [7, 11) is 0. The summed E-state index contributed by atoms with van der Waals surface area (Å²) in [5.74, 6) is 0. The van der Waals surface area contributed by atoms with E-state index in [4.69, 9.17) is 4.42 Å². The highest BCUT2D eigenvalue weighted by molar-refractivity contribution is 6.26. The van der Waals surface area contributed by atoms with Crippen LogP contribution < -0.4 is 4.90 Å². The molecule has 0 saturated carbocycles.